The van der Waals surface area contributed by atoms with Crippen molar-refractivity contribution >= 4 is 34.1 Å². The van der Waals surface area contributed by atoms with Gasteiger partial charge >= 0.3 is 5.97 Å². The number of H-pyrrole nitrogens is 1. The highest BCUT2D eigenvalue weighted by Gasteiger charge is 2.29. The Balaban J connectivity index is 1.64. The maximum atomic E-state index is 12.9. The van der Waals surface area contributed by atoms with Crippen LogP contribution in [0.2, 0.25) is 0 Å². The Labute approximate surface area is 173 Å². The predicted molar refractivity (Wildman–Crippen MR) is 110 cm³/mol. The number of nitrogens with one attached hydrogen (secondary N) is 2. The minimum atomic E-state index is -0.422. The summed E-state index contributed by atoms with van der Waals surface area (Å²) in [6.07, 6.45) is 3.28. The van der Waals surface area contributed by atoms with Crippen LogP contribution in [-0.4, -0.2) is 58.8 Å². The lowest BCUT2D eigenvalue weighted by Crippen LogP contribution is -2.43. The van der Waals surface area contributed by atoms with Crippen LogP contribution >= 0.6 is 11.3 Å². The Morgan fingerprint density at radius 3 is 2.86 bits per heavy atom. The number of ketones is 1. The van der Waals surface area contributed by atoms with E-state index in [1.165, 1.54) is 11.3 Å². The summed E-state index contributed by atoms with van der Waals surface area (Å²) in [5.41, 5.74) is 2.10. The summed E-state index contributed by atoms with van der Waals surface area (Å²) in [4.78, 5) is 46.6. The highest BCUT2D eigenvalue weighted by Crippen LogP contribution is 2.22. The number of Topliss-reactive ketones (excluding diaryl/α,β-unsaturated/α-hetero) is 1. The summed E-state index contributed by atoms with van der Waals surface area (Å²) in [7, 11) is 0. The topological polar surface area (TPSA) is 104 Å². The number of nitrogens with zero attached hydrogens (tertiary/aromatic N) is 2. The van der Waals surface area contributed by atoms with E-state index in [2.05, 4.69) is 15.3 Å². The van der Waals surface area contributed by atoms with E-state index in [1.807, 2.05) is 10.3 Å². The fourth-order valence-corrected chi connectivity index (χ4v) is 4.26. The van der Waals surface area contributed by atoms with Gasteiger partial charge in [0.05, 0.1) is 30.3 Å². The fourth-order valence-electron chi connectivity index (χ4n) is 3.73. The lowest BCUT2D eigenvalue weighted by molar-refractivity contribution is -0.121. The number of hydrogen-bond acceptors (Lipinski definition) is 7. The number of hydrogen-bond donors (Lipinski definition) is 2. The number of likely N-dealkylation sites (tertiary alicyclic amines) is 1. The first kappa shape index (κ1) is 21.2. The van der Waals surface area contributed by atoms with E-state index in [0.29, 0.717) is 34.2 Å². The number of carbonyl (C=O) groups is 3. The van der Waals surface area contributed by atoms with Crippen molar-refractivity contribution in [3.8, 4) is 0 Å². The molecule has 2 aromatic rings. The summed E-state index contributed by atoms with van der Waals surface area (Å²) < 4.78 is 5.09. The number of ether oxygens (including phenoxy) is 1. The second-order valence-electron chi connectivity index (χ2n) is 7.17. The van der Waals surface area contributed by atoms with Gasteiger partial charge in [-0.15, -0.1) is 11.3 Å². The third-order valence-corrected chi connectivity index (χ3v) is 5.79. The Kier molecular flexibility index (Phi) is 6.81. The van der Waals surface area contributed by atoms with Crippen molar-refractivity contribution in [2.75, 3.05) is 31.6 Å². The van der Waals surface area contributed by atoms with Crippen molar-refractivity contribution in [2.24, 2.45) is 5.92 Å². The van der Waals surface area contributed by atoms with Gasteiger partial charge in [0.2, 0.25) is 5.91 Å². The van der Waals surface area contributed by atoms with Crippen LogP contribution in [0.5, 0.6) is 0 Å². The monoisotopic (exact) mass is 418 g/mol. The normalized spacial score (nSPS) is 17.1. The predicted octanol–water partition coefficient (Wildman–Crippen LogP) is 2.80. The van der Waals surface area contributed by atoms with Crippen LogP contribution in [0.15, 0.2) is 11.6 Å². The van der Waals surface area contributed by atoms with Gasteiger partial charge in [-0.3, -0.25) is 14.5 Å². The quantitative estimate of drug-likeness (QED) is 0.529. The summed E-state index contributed by atoms with van der Waals surface area (Å²) in [6, 6.07) is 0. The molecule has 1 fully saturated rings. The number of aromatic amines is 1. The number of carbonyl (C=O) groups excluding carboxylic acids is 3. The van der Waals surface area contributed by atoms with E-state index in [4.69, 9.17) is 4.74 Å². The third-order valence-electron chi connectivity index (χ3n) is 5.10. The van der Waals surface area contributed by atoms with Crippen LogP contribution in [0, 0.1) is 19.8 Å². The number of aryl methyl sites for hydroxylation is 1. The second-order valence-corrected chi connectivity index (χ2v) is 8.06. The molecule has 1 aliphatic heterocycles. The molecule has 1 atom stereocenters. The summed E-state index contributed by atoms with van der Waals surface area (Å²) in [6.45, 7) is 7.02. The smallest absolute Gasteiger partial charge is 0.340 e. The van der Waals surface area contributed by atoms with Gasteiger partial charge in [0.1, 0.15) is 0 Å². The van der Waals surface area contributed by atoms with Crippen LogP contribution < -0.4 is 5.32 Å². The molecule has 156 valence electrons. The Morgan fingerprint density at radius 1 is 1.38 bits per heavy atom. The molecule has 3 heterocycles. The summed E-state index contributed by atoms with van der Waals surface area (Å²) in [5.74, 6) is -0.757. The van der Waals surface area contributed by atoms with Crippen molar-refractivity contribution in [3.63, 3.8) is 0 Å². The maximum Gasteiger partial charge on any atom is 0.340 e. The van der Waals surface area contributed by atoms with Gasteiger partial charge in [-0.05, 0) is 45.7 Å². The van der Waals surface area contributed by atoms with Crippen LogP contribution in [0.4, 0.5) is 5.13 Å². The molecule has 3 rings (SSSR count). The first-order valence-electron chi connectivity index (χ1n) is 9.72. The molecule has 0 saturated carbocycles. The fraction of sp³-hybridized carbons (Fsp3) is 0.500. The van der Waals surface area contributed by atoms with Crippen molar-refractivity contribution in [1.82, 2.24) is 14.9 Å². The molecular weight excluding hydrogens is 392 g/mol. The SMILES string of the molecule is CCOC(=O)c1c(C)[nH]c(C(=O)CN2CCCC(C(=O)Nc3nccs3)C2)c1C. The molecule has 2 N–H and O–H groups in total. The van der Waals surface area contributed by atoms with Crippen molar-refractivity contribution in [1.29, 1.82) is 0 Å². The van der Waals surface area contributed by atoms with E-state index in [0.717, 1.165) is 19.4 Å². The molecule has 2 aromatic heterocycles. The lowest BCUT2D eigenvalue weighted by atomic mass is 9.96. The van der Waals surface area contributed by atoms with E-state index >= 15 is 0 Å². The first-order chi connectivity index (χ1) is 13.9. The zero-order valence-corrected chi connectivity index (χ0v) is 17.7. The largest absolute Gasteiger partial charge is 0.462 e. The molecule has 1 amide bonds. The zero-order chi connectivity index (χ0) is 21.0. The highest BCUT2D eigenvalue weighted by molar-refractivity contribution is 7.13. The third kappa shape index (κ3) is 4.91. The average molecular weight is 419 g/mol. The highest BCUT2D eigenvalue weighted by atomic mass is 32.1. The van der Waals surface area contributed by atoms with Crippen LogP contribution in [0.1, 0.15) is 51.9 Å². The molecule has 0 aromatic carbocycles. The molecule has 9 heteroatoms. The Hall–Kier alpha value is -2.52. The number of amides is 1. The van der Waals surface area contributed by atoms with Gasteiger partial charge in [0, 0.05) is 23.8 Å². The number of rotatable bonds is 7. The van der Waals surface area contributed by atoms with Crippen molar-refractivity contribution < 1.29 is 19.1 Å². The average Bonchev–Trinajstić information content (AvgIpc) is 3.29. The molecule has 1 aliphatic rings. The van der Waals surface area contributed by atoms with Gasteiger partial charge in [-0.25, -0.2) is 9.78 Å². The number of piperidine rings is 1. The Bertz CT molecular complexity index is 891. The van der Waals surface area contributed by atoms with Gasteiger partial charge in [-0.2, -0.15) is 0 Å². The molecule has 1 unspecified atom stereocenters. The van der Waals surface area contributed by atoms with E-state index in [9.17, 15) is 14.4 Å². The molecule has 8 nitrogen and oxygen atoms in total. The molecular formula is C20H26N4O4S. The Morgan fingerprint density at radius 2 is 2.17 bits per heavy atom. The molecule has 0 bridgehead atoms. The lowest BCUT2D eigenvalue weighted by Gasteiger charge is -2.31. The number of aromatic nitrogens is 2. The van der Waals surface area contributed by atoms with Crippen LogP contribution in [-0.2, 0) is 9.53 Å². The van der Waals surface area contributed by atoms with E-state index in [1.54, 1.807) is 27.0 Å². The molecule has 1 saturated heterocycles. The number of thiazole rings is 1. The zero-order valence-electron chi connectivity index (χ0n) is 16.9. The second kappa shape index (κ2) is 9.32. The van der Waals surface area contributed by atoms with Gasteiger partial charge in [0.25, 0.3) is 0 Å². The molecule has 0 spiro atoms. The van der Waals surface area contributed by atoms with Gasteiger partial charge in [-0.1, -0.05) is 0 Å². The van der Waals surface area contributed by atoms with E-state index in [-0.39, 0.29) is 30.8 Å². The first-order valence-corrected chi connectivity index (χ1v) is 10.6. The number of anilines is 1. The number of esters is 1. The van der Waals surface area contributed by atoms with Crippen molar-refractivity contribution in [3.05, 3.63) is 34.1 Å². The van der Waals surface area contributed by atoms with E-state index < -0.39 is 5.97 Å². The molecule has 0 aliphatic carbocycles. The standard InChI is InChI=1S/C20H26N4O4S/c1-4-28-19(27)16-12(2)17(22-13(16)3)15(25)11-24-8-5-6-14(10-24)18(26)23-20-21-7-9-29-20/h7,9,14,22H,4-6,8,10-11H2,1-3H3,(H,21,23,26). The van der Waals surface area contributed by atoms with Crippen LogP contribution in [0.25, 0.3) is 0 Å². The molecule has 0 radical (unpaired) electrons. The van der Waals surface area contributed by atoms with Crippen LogP contribution in [0.3, 0.4) is 0 Å². The van der Waals surface area contributed by atoms with Gasteiger partial charge < -0.3 is 15.0 Å². The maximum absolute atomic E-state index is 12.9. The van der Waals surface area contributed by atoms with Crippen molar-refractivity contribution in [2.45, 2.75) is 33.6 Å². The summed E-state index contributed by atoms with van der Waals surface area (Å²) in [5, 5.41) is 5.24. The minimum absolute atomic E-state index is 0.0615. The van der Waals surface area contributed by atoms with Gasteiger partial charge in [0.15, 0.2) is 10.9 Å². The molecule has 29 heavy (non-hydrogen) atoms. The minimum Gasteiger partial charge on any atom is -0.462 e. The summed E-state index contributed by atoms with van der Waals surface area (Å²) >= 11 is 1.38.